The Kier molecular flexibility index (Phi) is 2.87. The predicted octanol–water partition coefficient (Wildman–Crippen LogP) is 2.05. The molecule has 0 fully saturated rings. The average Bonchev–Trinajstić information content (AvgIpc) is 2.03. The summed E-state index contributed by atoms with van der Waals surface area (Å²) in [5.74, 6) is 0. The van der Waals surface area contributed by atoms with Gasteiger partial charge >= 0.3 is 0 Å². The first kappa shape index (κ1) is 8.02. The molecule has 2 N–H and O–H groups in total. The van der Waals surface area contributed by atoms with Crippen LogP contribution in [0.4, 0.5) is 0 Å². The zero-order valence-corrected chi connectivity index (χ0v) is 6.70. The summed E-state index contributed by atoms with van der Waals surface area (Å²) >= 11 is 0. The summed E-state index contributed by atoms with van der Waals surface area (Å²) < 4.78 is 0. The maximum absolute atomic E-state index is 5.55. The van der Waals surface area contributed by atoms with Gasteiger partial charge in [0.15, 0.2) is 0 Å². The van der Waals surface area contributed by atoms with E-state index in [1.165, 1.54) is 5.56 Å². The molecule has 0 aliphatic carbocycles. The highest BCUT2D eigenvalue weighted by Gasteiger charge is 1.84. The number of nitrogens with two attached hydrogens (primary N) is 1. The van der Waals surface area contributed by atoms with Gasteiger partial charge in [-0.15, -0.1) is 0 Å². The molecular weight excluding hydrogens is 134 g/mol. The summed E-state index contributed by atoms with van der Waals surface area (Å²) in [6, 6.07) is 10.3. The van der Waals surface area contributed by atoms with E-state index in [1.807, 2.05) is 37.3 Å². The normalized spacial score (nSPS) is 13.6. The van der Waals surface area contributed by atoms with Crippen LogP contribution in [-0.4, -0.2) is 6.04 Å². The fourth-order valence-electron chi connectivity index (χ4n) is 0.827. The van der Waals surface area contributed by atoms with Crippen LogP contribution in [-0.2, 0) is 0 Å². The summed E-state index contributed by atoms with van der Waals surface area (Å²) in [6.07, 6.45) is 4.01. The van der Waals surface area contributed by atoms with E-state index in [1.54, 1.807) is 0 Å². The van der Waals surface area contributed by atoms with E-state index in [4.69, 9.17) is 5.73 Å². The van der Waals surface area contributed by atoms with E-state index in [2.05, 4.69) is 12.1 Å². The molecule has 1 rings (SSSR count). The van der Waals surface area contributed by atoms with Crippen molar-refractivity contribution in [3.63, 3.8) is 0 Å². The Morgan fingerprint density at radius 3 is 2.45 bits per heavy atom. The van der Waals surface area contributed by atoms with Crippen LogP contribution in [0.3, 0.4) is 0 Å². The summed E-state index contributed by atoms with van der Waals surface area (Å²) in [5, 5.41) is 0. The fraction of sp³-hybridized carbons (Fsp3) is 0.200. The summed E-state index contributed by atoms with van der Waals surface area (Å²) in [6.45, 7) is 1.96. The largest absolute Gasteiger partial charge is 0.325 e. The maximum Gasteiger partial charge on any atom is 0.0198 e. The minimum Gasteiger partial charge on any atom is -0.325 e. The molecular formula is C10H13N. The predicted molar refractivity (Wildman–Crippen MR) is 49.1 cm³/mol. The van der Waals surface area contributed by atoms with Crippen molar-refractivity contribution in [3.05, 3.63) is 42.0 Å². The van der Waals surface area contributed by atoms with E-state index >= 15 is 0 Å². The van der Waals surface area contributed by atoms with Crippen LogP contribution >= 0.6 is 0 Å². The van der Waals surface area contributed by atoms with Crippen molar-refractivity contribution in [1.29, 1.82) is 0 Å². The Balaban J connectivity index is 2.65. The van der Waals surface area contributed by atoms with Crippen LogP contribution in [0.2, 0.25) is 0 Å². The van der Waals surface area contributed by atoms with Crippen LogP contribution in [0.25, 0.3) is 6.08 Å². The molecule has 1 aromatic carbocycles. The molecule has 1 nitrogen and oxygen atoms in total. The van der Waals surface area contributed by atoms with Gasteiger partial charge < -0.3 is 5.73 Å². The van der Waals surface area contributed by atoms with Crippen molar-refractivity contribution in [2.75, 3.05) is 0 Å². The second kappa shape index (κ2) is 3.94. The van der Waals surface area contributed by atoms with Crippen molar-refractivity contribution < 1.29 is 0 Å². The van der Waals surface area contributed by atoms with E-state index < -0.39 is 0 Å². The summed E-state index contributed by atoms with van der Waals surface area (Å²) in [5.41, 5.74) is 6.75. The highest BCUT2D eigenvalue weighted by Crippen LogP contribution is 2.00. The molecule has 1 heteroatoms. The van der Waals surface area contributed by atoms with Crippen molar-refractivity contribution in [3.8, 4) is 0 Å². The van der Waals surface area contributed by atoms with Crippen LogP contribution in [0.15, 0.2) is 36.4 Å². The molecule has 0 bridgehead atoms. The van der Waals surface area contributed by atoms with E-state index in [0.717, 1.165) is 0 Å². The zero-order chi connectivity index (χ0) is 8.10. The van der Waals surface area contributed by atoms with Crippen molar-refractivity contribution in [1.82, 2.24) is 0 Å². The molecule has 1 aromatic rings. The van der Waals surface area contributed by atoms with Crippen LogP contribution in [0, 0.1) is 0 Å². The lowest BCUT2D eigenvalue weighted by molar-refractivity contribution is 0.931. The van der Waals surface area contributed by atoms with Gasteiger partial charge in [0.1, 0.15) is 0 Å². The first-order chi connectivity index (χ1) is 5.29. The lowest BCUT2D eigenvalue weighted by atomic mass is 10.2. The molecule has 0 spiro atoms. The second-order valence-corrected chi connectivity index (χ2v) is 2.63. The van der Waals surface area contributed by atoms with Crippen LogP contribution < -0.4 is 5.73 Å². The van der Waals surface area contributed by atoms with Gasteiger partial charge in [0.05, 0.1) is 0 Å². The average molecular weight is 147 g/mol. The number of rotatable bonds is 2. The van der Waals surface area contributed by atoms with Crippen molar-refractivity contribution in [2.45, 2.75) is 13.0 Å². The van der Waals surface area contributed by atoms with Crippen molar-refractivity contribution >= 4 is 6.08 Å². The Bertz CT molecular complexity index is 224. The van der Waals surface area contributed by atoms with Gasteiger partial charge in [0, 0.05) is 6.04 Å². The summed E-state index contributed by atoms with van der Waals surface area (Å²) in [7, 11) is 0. The molecule has 0 saturated carbocycles. The lowest BCUT2D eigenvalue weighted by Gasteiger charge is -1.94. The van der Waals surface area contributed by atoms with Crippen molar-refractivity contribution in [2.24, 2.45) is 5.73 Å². The minimum absolute atomic E-state index is 0.134. The maximum atomic E-state index is 5.55. The third-order valence-electron chi connectivity index (χ3n) is 1.39. The van der Waals surface area contributed by atoms with Gasteiger partial charge in [-0.2, -0.15) is 0 Å². The smallest absolute Gasteiger partial charge is 0.0198 e. The molecule has 0 amide bonds. The summed E-state index contributed by atoms with van der Waals surface area (Å²) in [4.78, 5) is 0. The molecule has 0 saturated heterocycles. The monoisotopic (exact) mass is 147 g/mol. The fourth-order valence-corrected chi connectivity index (χ4v) is 0.827. The molecule has 58 valence electrons. The van der Waals surface area contributed by atoms with Gasteiger partial charge in [0.25, 0.3) is 0 Å². The molecule has 0 aliphatic heterocycles. The number of hydrogen-bond acceptors (Lipinski definition) is 1. The molecule has 0 aromatic heterocycles. The Morgan fingerprint density at radius 1 is 1.27 bits per heavy atom. The van der Waals surface area contributed by atoms with Gasteiger partial charge in [-0.3, -0.25) is 0 Å². The van der Waals surface area contributed by atoms with E-state index in [9.17, 15) is 0 Å². The van der Waals surface area contributed by atoms with Crippen LogP contribution in [0.5, 0.6) is 0 Å². The first-order valence-electron chi connectivity index (χ1n) is 3.78. The molecule has 0 heterocycles. The number of hydrogen-bond donors (Lipinski definition) is 1. The highest BCUT2D eigenvalue weighted by molar-refractivity contribution is 5.49. The van der Waals surface area contributed by atoms with E-state index in [0.29, 0.717) is 0 Å². The molecule has 0 radical (unpaired) electrons. The lowest BCUT2D eigenvalue weighted by Crippen LogP contribution is -2.09. The van der Waals surface area contributed by atoms with Crippen LogP contribution in [0.1, 0.15) is 12.5 Å². The Morgan fingerprint density at radius 2 is 1.91 bits per heavy atom. The molecule has 0 aliphatic rings. The SMILES string of the molecule is C[C@@H](N)/C=C\c1ccccc1. The quantitative estimate of drug-likeness (QED) is 0.680. The topological polar surface area (TPSA) is 26.0 Å². The Labute approximate surface area is 67.5 Å². The van der Waals surface area contributed by atoms with Gasteiger partial charge in [-0.1, -0.05) is 42.5 Å². The van der Waals surface area contributed by atoms with Gasteiger partial charge in [-0.05, 0) is 12.5 Å². The third-order valence-corrected chi connectivity index (χ3v) is 1.39. The molecule has 0 unspecified atom stereocenters. The van der Waals surface area contributed by atoms with Gasteiger partial charge in [-0.25, -0.2) is 0 Å². The minimum atomic E-state index is 0.134. The first-order valence-corrected chi connectivity index (χ1v) is 3.78. The highest BCUT2D eigenvalue weighted by atomic mass is 14.6. The third kappa shape index (κ3) is 3.01. The Hall–Kier alpha value is -1.08. The zero-order valence-electron chi connectivity index (χ0n) is 6.70. The second-order valence-electron chi connectivity index (χ2n) is 2.63. The van der Waals surface area contributed by atoms with Gasteiger partial charge in [0.2, 0.25) is 0 Å². The molecule has 1 atom stereocenters. The molecule has 11 heavy (non-hydrogen) atoms. The van der Waals surface area contributed by atoms with E-state index in [-0.39, 0.29) is 6.04 Å². The number of benzene rings is 1. The standard InChI is InChI=1S/C10H13N/c1-9(11)7-8-10-5-3-2-4-6-10/h2-9H,11H2,1H3/b8-7-/t9-/m1/s1.